The Morgan fingerprint density at radius 3 is 2.26 bits per heavy atom. The lowest BCUT2D eigenvalue weighted by atomic mass is 9.95. The van der Waals surface area contributed by atoms with Crippen molar-refractivity contribution in [1.29, 1.82) is 5.41 Å². The van der Waals surface area contributed by atoms with Gasteiger partial charge in [-0.05, 0) is 42.5 Å². The molecule has 0 saturated carbocycles. The largest absolute Gasteiger partial charge is 0.381 e. The lowest BCUT2D eigenvalue weighted by Crippen LogP contribution is -2.31. The van der Waals surface area contributed by atoms with Gasteiger partial charge in [0.15, 0.2) is 0 Å². The Labute approximate surface area is 205 Å². The summed E-state index contributed by atoms with van der Waals surface area (Å²) in [7, 11) is 3.97. The number of likely N-dealkylation sites (N-methyl/N-ethyl adjacent to an activating group) is 1. The molecule has 0 aliphatic carbocycles. The SMILES string of the molecule is C=C/C(C(=C)C)=C(\C=C)c1ccc(Cn2c(CCCC)nc(C)c(CC(=C)N(C)C)c2=N)cc1. The van der Waals surface area contributed by atoms with Gasteiger partial charge in [0, 0.05) is 43.9 Å². The molecule has 1 N–H and O–H groups in total. The quantitative estimate of drug-likeness (QED) is 0.377. The molecule has 0 atom stereocenters. The van der Waals surface area contributed by atoms with Crippen LogP contribution in [0.25, 0.3) is 5.57 Å². The number of nitrogens with one attached hydrogen (secondary N) is 1. The standard InChI is InChI=1S/C30H40N4/c1-10-13-14-29-32-23(7)28(19-22(6)33(8)9)30(31)34(29)20-24-15-17-25(18-16-24)27(12-3)26(11-2)21(4)5/h11-12,15-18,31H,2-4,6,10,13-14,19-20H2,1,5,7-9H3/b27-26-,31-30?. The number of hydrogen-bond acceptors (Lipinski definition) is 3. The van der Waals surface area contributed by atoms with Crippen molar-refractivity contribution in [2.75, 3.05) is 14.1 Å². The van der Waals surface area contributed by atoms with Gasteiger partial charge in [-0.1, -0.05) is 81.7 Å². The molecule has 1 aromatic heterocycles. The Hall–Kier alpha value is -3.40. The van der Waals surface area contributed by atoms with E-state index in [-0.39, 0.29) is 0 Å². The Morgan fingerprint density at radius 1 is 1.12 bits per heavy atom. The lowest BCUT2D eigenvalue weighted by Gasteiger charge is -2.20. The maximum absolute atomic E-state index is 9.04. The summed E-state index contributed by atoms with van der Waals surface area (Å²) in [6.07, 6.45) is 7.31. The van der Waals surface area contributed by atoms with Gasteiger partial charge in [0.05, 0.1) is 6.54 Å². The van der Waals surface area contributed by atoms with Crippen LogP contribution in [0, 0.1) is 12.3 Å². The van der Waals surface area contributed by atoms with Crippen molar-refractivity contribution in [2.24, 2.45) is 0 Å². The fourth-order valence-corrected chi connectivity index (χ4v) is 3.92. The van der Waals surface area contributed by atoms with Crippen LogP contribution in [0.4, 0.5) is 0 Å². The molecule has 0 spiro atoms. The number of hydrogen-bond donors (Lipinski definition) is 1. The van der Waals surface area contributed by atoms with Crippen LogP contribution in [0.5, 0.6) is 0 Å². The van der Waals surface area contributed by atoms with Crippen molar-refractivity contribution in [1.82, 2.24) is 14.5 Å². The molecule has 1 aromatic carbocycles. The third-order valence-corrected chi connectivity index (χ3v) is 6.13. The van der Waals surface area contributed by atoms with Gasteiger partial charge in [-0.15, -0.1) is 0 Å². The first-order valence-electron chi connectivity index (χ1n) is 11.9. The summed E-state index contributed by atoms with van der Waals surface area (Å²) in [5.41, 5.74) is 8.53. The first kappa shape index (κ1) is 26.8. The summed E-state index contributed by atoms with van der Waals surface area (Å²) in [5, 5.41) is 9.04. The average molecular weight is 457 g/mol. The topological polar surface area (TPSA) is 44.9 Å². The second-order valence-electron chi connectivity index (χ2n) is 8.98. The van der Waals surface area contributed by atoms with Gasteiger partial charge < -0.3 is 9.47 Å². The fourth-order valence-electron chi connectivity index (χ4n) is 3.92. The zero-order chi connectivity index (χ0) is 25.4. The number of unbranched alkanes of at least 4 members (excludes halogenated alkanes) is 1. The van der Waals surface area contributed by atoms with Crippen LogP contribution < -0.4 is 5.49 Å². The van der Waals surface area contributed by atoms with Crippen molar-refractivity contribution in [3.63, 3.8) is 0 Å². The second kappa shape index (κ2) is 12.2. The third-order valence-electron chi connectivity index (χ3n) is 6.13. The van der Waals surface area contributed by atoms with E-state index in [9.17, 15) is 0 Å². The molecule has 4 heteroatoms. The molecule has 0 aliphatic heterocycles. The van der Waals surface area contributed by atoms with E-state index in [1.165, 1.54) is 0 Å². The van der Waals surface area contributed by atoms with Crippen molar-refractivity contribution < 1.29 is 0 Å². The highest BCUT2D eigenvalue weighted by atomic mass is 15.1. The van der Waals surface area contributed by atoms with E-state index in [0.29, 0.717) is 18.5 Å². The van der Waals surface area contributed by atoms with Crippen LogP contribution in [0.15, 0.2) is 79.6 Å². The van der Waals surface area contributed by atoms with Gasteiger partial charge in [0.25, 0.3) is 0 Å². The Morgan fingerprint density at radius 2 is 1.76 bits per heavy atom. The third kappa shape index (κ3) is 6.34. The van der Waals surface area contributed by atoms with Gasteiger partial charge in [0.2, 0.25) is 0 Å². The molecule has 2 rings (SSSR count). The van der Waals surface area contributed by atoms with E-state index in [4.69, 9.17) is 10.4 Å². The van der Waals surface area contributed by atoms with E-state index < -0.39 is 0 Å². The van der Waals surface area contributed by atoms with Crippen molar-refractivity contribution in [3.05, 3.63) is 113 Å². The number of aryl methyl sites for hydroxylation is 2. The highest BCUT2D eigenvalue weighted by molar-refractivity contribution is 5.81. The van der Waals surface area contributed by atoms with E-state index in [0.717, 1.165) is 69.9 Å². The molecule has 2 aromatic rings. The maximum atomic E-state index is 9.04. The predicted octanol–water partition coefficient (Wildman–Crippen LogP) is 6.38. The molecule has 4 nitrogen and oxygen atoms in total. The van der Waals surface area contributed by atoms with Gasteiger partial charge in [-0.25, -0.2) is 4.98 Å². The molecule has 1 heterocycles. The van der Waals surface area contributed by atoms with E-state index in [1.807, 2.05) is 45.0 Å². The van der Waals surface area contributed by atoms with Gasteiger partial charge in [-0.3, -0.25) is 5.41 Å². The molecule has 0 fully saturated rings. The van der Waals surface area contributed by atoms with Crippen LogP contribution in [0.1, 0.15) is 54.9 Å². The first-order chi connectivity index (χ1) is 16.1. The summed E-state index contributed by atoms with van der Waals surface area (Å²) >= 11 is 0. The fraction of sp³-hybridized carbons (Fsp3) is 0.333. The van der Waals surface area contributed by atoms with Crippen LogP contribution in [0.2, 0.25) is 0 Å². The summed E-state index contributed by atoms with van der Waals surface area (Å²) < 4.78 is 2.06. The monoisotopic (exact) mass is 456 g/mol. The molecule has 34 heavy (non-hydrogen) atoms. The minimum atomic E-state index is 0.522. The number of nitrogens with zero attached hydrogens (tertiary/aromatic N) is 3. The summed E-state index contributed by atoms with van der Waals surface area (Å²) in [6.45, 7) is 22.9. The Kier molecular flexibility index (Phi) is 9.61. The molecule has 0 aliphatic rings. The van der Waals surface area contributed by atoms with Crippen molar-refractivity contribution in [2.45, 2.75) is 53.0 Å². The molecular formula is C30H40N4. The van der Waals surface area contributed by atoms with Crippen molar-refractivity contribution >= 4 is 5.57 Å². The van der Waals surface area contributed by atoms with Crippen LogP contribution in [-0.2, 0) is 19.4 Å². The Balaban J connectivity index is 2.51. The van der Waals surface area contributed by atoms with E-state index in [2.05, 4.69) is 62.1 Å². The molecule has 180 valence electrons. The van der Waals surface area contributed by atoms with Gasteiger partial charge in [0.1, 0.15) is 11.3 Å². The number of allylic oxidation sites excluding steroid dienone is 6. The molecule has 0 bridgehead atoms. The molecule has 0 saturated heterocycles. The minimum Gasteiger partial charge on any atom is -0.381 e. The van der Waals surface area contributed by atoms with Gasteiger partial charge >= 0.3 is 0 Å². The Bertz CT molecular complexity index is 1160. The van der Waals surface area contributed by atoms with Gasteiger partial charge in [-0.2, -0.15) is 0 Å². The van der Waals surface area contributed by atoms with E-state index in [1.54, 1.807) is 0 Å². The molecule has 0 unspecified atom stereocenters. The summed E-state index contributed by atoms with van der Waals surface area (Å²) in [4.78, 5) is 6.93. The zero-order valence-electron chi connectivity index (χ0n) is 21.7. The summed E-state index contributed by atoms with van der Waals surface area (Å²) in [5.74, 6) is 0.968. The highest BCUT2D eigenvalue weighted by Gasteiger charge is 2.14. The number of rotatable bonds is 12. The van der Waals surface area contributed by atoms with Crippen LogP contribution >= 0.6 is 0 Å². The second-order valence-corrected chi connectivity index (χ2v) is 8.98. The zero-order valence-corrected chi connectivity index (χ0v) is 21.7. The number of aromatic nitrogens is 2. The lowest BCUT2D eigenvalue weighted by molar-refractivity contribution is 0.497. The van der Waals surface area contributed by atoms with Crippen molar-refractivity contribution in [3.8, 4) is 0 Å². The molecule has 0 amide bonds. The smallest absolute Gasteiger partial charge is 0.131 e. The van der Waals surface area contributed by atoms with Crippen LogP contribution in [0.3, 0.4) is 0 Å². The van der Waals surface area contributed by atoms with Crippen LogP contribution in [-0.4, -0.2) is 28.5 Å². The summed E-state index contributed by atoms with van der Waals surface area (Å²) in [6, 6.07) is 8.44. The van der Waals surface area contributed by atoms with E-state index >= 15 is 0 Å². The molecular weight excluding hydrogens is 416 g/mol. The highest BCUT2D eigenvalue weighted by Crippen LogP contribution is 2.25. The predicted molar refractivity (Wildman–Crippen MR) is 146 cm³/mol. The molecule has 0 radical (unpaired) electrons. The number of benzene rings is 1. The maximum Gasteiger partial charge on any atom is 0.131 e. The first-order valence-corrected chi connectivity index (χ1v) is 11.9. The minimum absolute atomic E-state index is 0.522. The normalized spacial score (nSPS) is 11.6. The average Bonchev–Trinajstić information content (AvgIpc) is 2.80.